The highest BCUT2D eigenvalue weighted by atomic mass is 16.7. The van der Waals surface area contributed by atoms with Crippen LogP contribution in [0, 0.1) is 5.41 Å². The van der Waals surface area contributed by atoms with E-state index < -0.39 is 0 Å². The molecule has 2 unspecified atom stereocenters. The summed E-state index contributed by atoms with van der Waals surface area (Å²) in [6.07, 6.45) is 2.47. The minimum absolute atomic E-state index is 0.0899. The first-order valence-electron chi connectivity index (χ1n) is 8.36. The Labute approximate surface area is 138 Å². The highest BCUT2D eigenvalue weighted by Crippen LogP contribution is 2.33. The lowest BCUT2D eigenvalue weighted by Crippen LogP contribution is -2.49. The molecule has 23 heavy (non-hydrogen) atoms. The normalized spacial score (nSPS) is 27.8. The number of piperidine rings is 1. The maximum atomic E-state index is 6.08. The van der Waals surface area contributed by atoms with Crippen molar-refractivity contribution in [2.24, 2.45) is 5.41 Å². The van der Waals surface area contributed by atoms with E-state index in [0.717, 1.165) is 37.7 Å². The number of ether oxygens (including phenoxy) is 4. The summed E-state index contributed by atoms with van der Waals surface area (Å²) in [7, 11) is 1.66. The van der Waals surface area contributed by atoms with Crippen molar-refractivity contribution in [1.82, 2.24) is 4.90 Å². The molecule has 5 heteroatoms. The van der Waals surface area contributed by atoms with Crippen LogP contribution in [0.2, 0.25) is 0 Å². The van der Waals surface area contributed by atoms with Crippen LogP contribution in [-0.2, 0) is 9.47 Å². The Morgan fingerprint density at radius 2 is 2.13 bits per heavy atom. The molecule has 1 saturated heterocycles. The number of likely N-dealkylation sites (tertiary alicyclic amines) is 1. The molecule has 5 nitrogen and oxygen atoms in total. The van der Waals surface area contributed by atoms with Crippen LogP contribution in [0.1, 0.15) is 19.8 Å². The van der Waals surface area contributed by atoms with Gasteiger partial charge >= 0.3 is 0 Å². The Balaban J connectivity index is 1.52. The topological polar surface area (TPSA) is 40.2 Å². The van der Waals surface area contributed by atoms with Crippen LogP contribution in [0.4, 0.5) is 0 Å². The van der Waals surface area contributed by atoms with E-state index in [1.54, 1.807) is 7.11 Å². The van der Waals surface area contributed by atoms with Crippen LogP contribution >= 0.6 is 0 Å². The third-order valence-electron chi connectivity index (χ3n) is 4.54. The molecular weight excluding hydrogens is 294 g/mol. The Morgan fingerprint density at radius 3 is 2.96 bits per heavy atom. The SMILES string of the molecule is COCOCC1(C)CCCN(CC2COc3ccccc3O2)C1. The Kier molecular flexibility index (Phi) is 5.41. The molecule has 3 rings (SSSR count). The lowest BCUT2D eigenvalue weighted by atomic mass is 9.82. The molecule has 0 saturated carbocycles. The van der Waals surface area contributed by atoms with Crippen molar-refractivity contribution in [1.29, 1.82) is 0 Å². The van der Waals surface area contributed by atoms with Gasteiger partial charge in [0.1, 0.15) is 19.5 Å². The zero-order chi connectivity index (χ0) is 16.1. The molecule has 1 aromatic carbocycles. The maximum Gasteiger partial charge on any atom is 0.161 e. The molecule has 0 radical (unpaired) electrons. The van der Waals surface area contributed by atoms with Crippen LogP contribution < -0.4 is 9.47 Å². The van der Waals surface area contributed by atoms with Crippen LogP contribution in [0.25, 0.3) is 0 Å². The highest BCUT2D eigenvalue weighted by molar-refractivity contribution is 5.40. The molecule has 0 N–H and O–H groups in total. The van der Waals surface area contributed by atoms with Crippen molar-refractivity contribution >= 4 is 0 Å². The van der Waals surface area contributed by atoms with E-state index in [0.29, 0.717) is 13.4 Å². The van der Waals surface area contributed by atoms with Crippen LogP contribution in [0.5, 0.6) is 11.5 Å². The first-order valence-corrected chi connectivity index (χ1v) is 8.36. The van der Waals surface area contributed by atoms with Gasteiger partial charge < -0.3 is 18.9 Å². The zero-order valence-electron chi connectivity index (χ0n) is 14.1. The number of fused-ring (bicyclic) bond motifs is 1. The van der Waals surface area contributed by atoms with Crippen LogP contribution in [-0.4, -0.2) is 57.8 Å². The summed E-state index contributed by atoms with van der Waals surface area (Å²) < 4.78 is 22.5. The highest BCUT2D eigenvalue weighted by Gasteiger charge is 2.33. The summed E-state index contributed by atoms with van der Waals surface area (Å²) in [5.74, 6) is 1.70. The van der Waals surface area contributed by atoms with Gasteiger partial charge in [-0.1, -0.05) is 19.1 Å². The van der Waals surface area contributed by atoms with Crippen molar-refractivity contribution in [2.75, 3.05) is 46.8 Å². The number of para-hydroxylation sites is 2. The molecule has 0 bridgehead atoms. The van der Waals surface area contributed by atoms with Crippen LogP contribution in [0.3, 0.4) is 0 Å². The van der Waals surface area contributed by atoms with E-state index in [2.05, 4.69) is 11.8 Å². The molecule has 2 aliphatic rings. The summed E-state index contributed by atoms with van der Waals surface area (Å²) in [5, 5.41) is 0. The third-order valence-corrected chi connectivity index (χ3v) is 4.54. The summed E-state index contributed by atoms with van der Waals surface area (Å²) in [4.78, 5) is 2.47. The quantitative estimate of drug-likeness (QED) is 0.595. The number of benzene rings is 1. The van der Waals surface area contributed by atoms with Crippen molar-refractivity contribution in [3.05, 3.63) is 24.3 Å². The van der Waals surface area contributed by atoms with Gasteiger partial charge in [-0.2, -0.15) is 0 Å². The second-order valence-corrected chi connectivity index (χ2v) is 6.90. The molecular formula is C18H27NO4. The largest absolute Gasteiger partial charge is 0.486 e. The van der Waals surface area contributed by atoms with Gasteiger partial charge in [-0.15, -0.1) is 0 Å². The summed E-state index contributed by atoms with van der Waals surface area (Å²) in [6.45, 7) is 7.05. The molecule has 0 spiro atoms. The van der Waals surface area contributed by atoms with E-state index in [1.807, 2.05) is 24.3 Å². The van der Waals surface area contributed by atoms with E-state index in [-0.39, 0.29) is 11.5 Å². The summed E-state index contributed by atoms with van der Waals surface area (Å²) in [5.41, 5.74) is 0.185. The summed E-state index contributed by atoms with van der Waals surface area (Å²) >= 11 is 0. The monoisotopic (exact) mass is 321 g/mol. The van der Waals surface area contributed by atoms with E-state index in [9.17, 15) is 0 Å². The second kappa shape index (κ2) is 7.51. The van der Waals surface area contributed by atoms with Crippen molar-refractivity contribution in [3.8, 4) is 11.5 Å². The van der Waals surface area contributed by atoms with Gasteiger partial charge in [-0.25, -0.2) is 0 Å². The molecule has 1 fully saturated rings. The molecule has 0 aromatic heterocycles. The fourth-order valence-corrected chi connectivity index (χ4v) is 3.51. The van der Waals surface area contributed by atoms with Crippen molar-refractivity contribution in [2.45, 2.75) is 25.9 Å². The average molecular weight is 321 g/mol. The van der Waals surface area contributed by atoms with Crippen molar-refractivity contribution in [3.63, 3.8) is 0 Å². The maximum absolute atomic E-state index is 6.08. The van der Waals surface area contributed by atoms with E-state index >= 15 is 0 Å². The number of hydrogen-bond acceptors (Lipinski definition) is 5. The van der Waals surface area contributed by atoms with Gasteiger partial charge in [0.25, 0.3) is 0 Å². The Bertz CT molecular complexity index is 510. The van der Waals surface area contributed by atoms with Crippen molar-refractivity contribution < 1.29 is 18.9 Å². The average Bonchev–Trinajstić information content (AvgIpc) is 2.55. The van der Waals surface area contributed by atoms with Crippen LogP contribution in [0.15, 0.2) is 24.3 Å². The molecule has 2 aliphatic heterocycles. The molecule has 2 atom stereocenters. The Hall–Kier alpha value is -1.30. The first kappa shape index (κ1) is 16.6. The fraction of sp³-hybridized carbons (Fsp3) is 0.667. The lowest BCUT2D eigenvalue weighted by molar-refractivity contribution is -0.0790. The first-order chi connectivity index (χ1) is 11.2. The zero-order valence-corrected chi connectivity index (χ0v) is 14.1. The fourth-order valence-electron chi connectivity index (χ4n) is 3.51. The van der Waals surface area contributed by atoms with Gasteiger partial charge in [0, 0.05) is 25.6 Å². The third kappa shape index (κ3) is 4.37. The predicted molar refractivity (Wildman–Crippen MR) is 88.0 cm³/mol. The number of methoxy groups -OCH3 is 1. The van der Waals surface area contributed by atoms with Gasteiger partial charge in [-0.3, -0.25) is 4.90 Å². The lowest BCUT2D eigenvalue weighted by Gasteiger charge is -2.41. The van der Waals surface area contributed by atoms with E-state index in [4.69, 9.17) is 18.9 Å². The van der Waals surface area contributed by atoms with Gasteiger partial charge in [-0.05, 0) is 31.5 Å². The standard InChI is InChI=1S/C18H27NO4/c1-18(13-21-14-20-2)8-5-9-19(12-18)10-15-11-22-16-6-3-4-7-17(16)23-15/h3-4,6-7,15H,5,8-14H2,1-2H3. The summed E-state index contributed by atoms with van der Waals surface area (Å²) in [6, 6.07) is 7.88. The number of hydrogen-bond donors (Lipinski definition) is 0. The van der Waals surface area contributed by atoms with Gasteiger partial charge in [0.2, 0.25) is 0 Å². The molecule has 1 aromatic rings. The molecule has 0 aliphatic carbocycles. The van der Waals surface area contributed by atoms with Gasteiger partial charge in [0.05, 0.1) is 6.61 Å². The minimum Gasteiger partial charge on any atom is -0.486 e. The second-order valence-electron chi connectivity index (χ2n) is 6.90. The molecule has 2 heterocycles. The van der Waals surface area contributed by atoms with Gasteiger partial charge in [0.15, 0.2) is 11.5 Å². The molecule has 128 valence electrons. The smallest absolute Gasteiger partial charge is 0.161 e. The minimum atomic E-state index is 0.0899. The molecule has 0 amide bonds. The Morgan fingerprint density at radius 1 is 1.30 bits per heavy atom. The number of rotatable bonds is 6. The predicted octanol–water partition coefficient (Wildman–Crippen LogP) is 2.55. The number of nitrogens with zero attached hydrogens (tertiary/aromatic N) is 1. The van der Waals surface area contributed by atoms with E-state index in [1.165, 1.54) is 12.8 Å².